The normalized spacial score (nSPS) is 12.9. The summed E-state index contributed by atoms with van der Waals surface area (Å²) < 4.78 is 0. The minimum atomic E-state index is -0.745. The standard InChI is InChI=1S/C19H22N2O3/c1-14(16-10-6-3-7-11-16)21-19(24)18(23)20-13-17(22)12-15-8-4-2-5-9-15/h2-11,14,17,22H,12-13H2,1H3,(H,20,23)(H,21,24)/t14-,17-/m0/s1. The zero-order chi connectivity index (χ0) is 17.4. The first kappa shape index (κ1) is 17.7. The molecule has 0 unspecified atom stereocenters. The molecule has 3 N–H and O–H groups in total. The Hall–Kier alpha value is -2.66. The van der Waals surface area contributed by atoms with Gasteiger partial charge in [-0.25, -0.2) is 0 Å². The van der Waals surface area contributed by atoms with Crippen LogP contribution in [0.1, 0.15) is 24.1 Å². The topological polar surface area (TPSA) is 78.4 Å². The molecule has 2 aromatic rings. The first-order chi connectivity index (χ1) is 11.6. The molecular formula is C19H22N2O3. The van der Waals surface area contributed by atoms with Crippen LogP contribution in [0.5, 0.6) is 0 Å². The van der Waals surface area contributed by atoms with Crippen LogP contribution >= 0.6 is 0 Å². The molecule has 2 amide bonds. The molecule has 0 spiro atoms. The number of carbonyl (C=O) groups excluding carboxylic acids is 2. The number of hydrogen-bond donors (Lipinski definition) is 3. The van der Waals surface area contributed by atoms with Gasteiger partial charge in [0.15, 0.2) is 0 Å². The summed E-state index contributed by atoms with van der Waals surface area (Å²) in [4.78, 5) is 23.7. The highest BCUT2D eigenvalue weighted by atomic mass is 16.3. The highest BCUT2D eigenvalue weighted by molar-refractivity contribution is 6.35. The maximum Gasteiger partial charge on any atom is 0.309 e. The summed E-state index contributed by atoms with van der Waals surface area (Å²) in [5.41, 5.74) is 1.89. The zero-order valence-electron chi connectivity index (χ0n) is 13.6. The molecule has 5 heteroatoms. The lowest BCUT2D eigenvalue weighted by molar-refractivity contribution is -0.139. The van der Waals surface area contributed by atoms with Crippen LogP contribution in [0.4, 0.5) is 0 Å². The van der Waals surface area contributed by atoms with Gasteiger partial charge in [0.05, 0.1) is 12.1 Å². The van der Waals surface area contributed by atoms with Crippen molar-refractivity contribution in [2.75, 3.05) is 6.54 Å². The summed E-state index contributed by atoms with van der Waals surface area (Å²) >= 11 is 0. The quantitative estimate of drug-likeness (QED) is 0.705. The fourth-order valence-electron chi connectivity index (χ4n) is 2.34. The van der Waals surface area contributed by atoms with Crippen molar-refractivity contribution >= 4 is 11.8 Å². The van der Waals surface area contributed by atoms with E-state index in [0.717, 1.165) is 11.1 Å². The van der Waals surface area contributed by atoms with Crippen molar-refractivity contribution in [3.05, 3.63) is 71.8 Å². The monoisotopic (exact) mass is 326 g/mol. The molecule has 24 heavy (non-hydrogen) atoms. The van der Waals surface area contributed by atoms with Crippen LogP contribution in [-0.4, -0.2) is 29.6 Å². The Balaban J connectivity index is 1.76. The molecule has 5 nitrogen and oxygen atoms in total. The average molecular weight is 326 g/mol. The molecular weight excluding hydrogens is 304 g/mol. The third-order valence-electron chi connectivity index (χ3n) is 3.67. The third-order valence-corrected chi connectivity index (χ3v) is 3.67. The molecule has 126 valence electrons. The molecule has 0 saturated carbocycles. The lowest BCUT2D eigenvalue weighted by Crippen LogP contribution is -2.43. The summed E-state index contributed by atoms with van der Waals surface area (Å²) in [6.07, 6.45) is -0.320. The predicted molar refractivity (Wildman–Crippen MR) is 92.2 cm³/mol. The zero-order valence-corrected chi connectivity index (χ0v) is 13.6. The summed E-state index contributed by atoms with van der Waals surface area (Å²) in [7, 11) is 0. The molecule has 0 aliphatic rings. The molecule has 2 atom stereocenters. The van der Waals surface area contributed by atoms with E-state index in [1.165, 1.54) is 0 Å². The Labute approximate surface area is 141 Å². The van der Waals surface area contributed by atoms with Crippen molar-refractivity contribution in [3.63, 3.8) is 0 Å². The molecule has 2 rings (SSSR count). The maximum absolute atomic E-state index is 11.9. The summed E-state index contributed by atoms with van der Waals surface area (Å²) in [6.45, 7) is 1.84. The van der Waals surface area contributed by atoms with Crippen molar-refractivity contribution in [1.29, 1.82) is 0 Å². The number of carbonyl (C=O) groups is 2. The van der Waals surface area contributed by atoms with E-state index >= 15 is 0 Å². The summed E-state index contributed by atoms with van der Waals surface area (Å²) in [5, 5.41) is 15.0. The lowest BCUT2D eigenvalue weighted by Gasteiger charge is -2.15. The summed E-state index contributed by atoms with van der Waals surface area (Å²) in [6, 6.07) is 18.6. The number of nitrogens with one attached hydrogen (secondary N) is 2. The molecule has 2 aromatic carbocycles. The number of hydrogen-bond acceptors (Lipinski definition) is 3. The first-order valence-electron chi connectivity index (χ1n) is 7.92. The second-order valence-electron chi connectivity index (χ2n) is 5.66. The van der Waals surface area contributed by atoms with E-state index in [2.05, 4.69) is 10.6 Å². The number of rotatable bonds is 6. The van der Waals surface area contributed by atoms with Gasteiger partial charge in [0.25, 0.3) is 0 Å². The van der Waals surface area contributed by atoms with Crippen molar-refractivity contribution in [3.8, 4) is 0 Å². The molecule has 0 saturated heterocycles. The number of aliphatic hydroxyl groups is 1. The molecule has 0 bridgehead atoms. The minimum Gasteiger partial charge on any atom is -0.391 e. The maximum atomic E-state index is 11.9. The molecule has 0 aromatic heterocycles. The Morgan fingerprint density at radius 2 is 1.54 bits per heavy atom. The van der Waals surface area contributed by atoms with Gasteiger partial charge in [-0.1, -0.05) is 60.7 Å². The third kappa shape index (κ3) is 5.52. The Bertz CT molecular complexity index is 659. The minimum absolute atomic E-state index is 0.0286. The van der Waals surface area contributed by atoms with Gasteiger partial charge in [0.1, 0.15) is 0 Å². The van der Waals surface area contributed by atoms with E-state index in [9.17, 15) is 14.7 Å². The Kier molecular flexibility index (Phi) is 6.51. The Morgan fingerprint density at radius 1 is 0.958 bits per heavy atom. The van der Waals surface area contributed by atoms with Crippen molar-refractivity contribution in [2.45, 2.75) is 25.5 Å². The second-order valence-corrected chi connectivity index (χ2v) is 5.66. The van der Waals surface area contributed by atoms with Crippen LogP contribution in [0, 0.1) is 0 Å². The molecule has 0 aliphatic carbocycles. The lowest BCUT2D eigenvalue weighted by atomic mass is 10.1. The van der Waals surface area contributed by atoms with Gasteiger partial charge >= 0.3 is 11.8 Å². The van der Waals surface area contributed by atoms with E-state index in [0.29, 0.717) is 6.42 Å². The van der Waals surface area contributed by atoms with Crippen LogP contribution in [-0.2, 0) is 16.0 Å². The van der Waals surface area contributed by atoms with Crippen LogP contribution in [0.3, 0.4) is 0 Å². The highest BCUT2D eigenvalue weighted by Crippen LogP contribution is 2.10. The van der Waals surface area contributed by atoms with Crippen LogP contribution in [0.25, 0.3) is 0 Å². The average Bonchev–Trinajstić information content (AvgIpc) is 2.61. The van der Waals surface area contributed by atoms with Gasteiger partial charge < -0.3 is 15.7 Å². The van der Waals surface area contributed by atoms with Gasteiger partial charge in [-0.3, -0.25) is 9.59 Å². The second kappa shape index (κ2) is 8.84. The SMILES string of the molecule is C[C@H](NC(=O)C(=O)NC[C@@H](O)Cc1ccccc1)c1ccccc1. The van der Waals surface area contributed by atoms with E-state index in [1.807, 2.05) is 67.6 Å². The largest absolute Gasteiger partial charge is 0.391 e. The predicted octanol–water partition coefficient (Wildman–Crippen LogP) is 1.58. The van der Waals surface area contributed by atoms with Crippen LogP contribution in [0.2, 0.25) is 0 Å². The molecule has 0 radical (unpaired) electrons. The summed E-state index contributed by atoms with van der Waals surface area (Å²) in [5.74, 6) is -1.46. The van der Waals surface area contributed by atoms with E-state index in [-0.39, 0.29) is 12.6 Å². The number of aliphatic hydroxyl groups excluding tert-OH is 1. The van der Waals surface area contributed by atoms with Crippen LogP contribution < -0.4 is 10.6 Å². The van der Waals surface area contributed by atoms with Crippen molar-refractivity contribution < 1.29 is 14.7 Å². The number of amides is 2. The molecule has 0 heterocycles. The highest BCUT2D eigenvalue weighted by Gasteiger charge is 2.17. The Morgan fingerprint density at radius 3 is 2.17 bits per heavy atom. The van der Waals surface area contributed by atoms with Gasteiger partial charge in [0, 0.05) is 13.0 Å². The van der Waals surface area contributed by atoms with Gasteiger partial charge in [-0.05, 0) is 18.1 Å². The van der Waals surface area contributed by atoms with Gasteiger partial charge in [-0.15, -0.1) is 0 Å². The fraction of sp³-hybridized carbons (Fsp3) is 0.263. The molecule has 0 aliphatic heterocycles. The van der Waals surface area contributed by atoms with Crippen molar-refractivity contribution in [1.82, 2.24) is 10.6 Å². The van der Waals surface area contributed by atoms with E-state index in [4.69, 9.17) is 0 Å². The smallest absolute Gasteiger partial charge is 0.309 e. The number of benzene rings is 2. The van der Waals surface area contributed by atoms with E-state index in [1.54, 1.807) is 0 Å². The van der Waals surface area contributed by atoms with Gasteiger partial charge in [-0.2, -0.15) is 0 Å². The fourth-order valence-corrected chi connectivity index (χ4v) is 2.34. The van der Waals surface area contributed by atoms with Gasteiger partial charge in [0.2, 0.25) is 0 Å². The van der Waals surface area contributed by atoms with E-state index < -0.39 is 17.9 Å². The van der Waals surface area contributed by atoms with Crippen LogP contribution in [0.15, 0.2) is 60.7 Å². The first-order valence-corrected chi connectivity index (χ1v) is 7.92. The molecule has 0 fully saturated rings. The van der Waals surface area contributed by atoms with Crippen molar-refractivity contribution in [2.24, 2.45) is 0 Å².